The highest BCUT2D eigenvalue weighted by molar-refractivity contribution is 14.0. The standard InChI is InChI=1S/C17H24N4O2.HI/c1-17(10-23-11-17)9-20-16(18-2)19-8-12-7-15(22)21-14-6-4-3-5-13(12)14;/h3-6,12H,7-11H2,1-2H3,(H,21,22)(H2,18,19,20);1H. The van der Waals surface area contributed by atoms with Crippen molar-refractivity contribution in [1.82, 2.24) is 10.6 Å². The topological polar surface area (TPSA) is 74.8 Å². The van der Waals surface area contributed by atoms with Gasteiger partial charge in [-0.2, -0.15) is 0 Å². The summed E-state index contributed by atoms with van der Waals surface area (Å²) in [6, 6.07) is 7.97. The SMILES string of the molecule is CN=C(NCC1CC(=O)Nc2ccccc21)NCC1(C)COC1.I. The Morgan fingerprint density at radius 3 is 2.79 bits per heavy atom. The van der Waals surface area contributed by atoms with Crippen LogP contribution in [-0.2, 0) is 9.53 Å². The zero-order chi connectivity index (χ0) is 16.3. The normalized spacial score (nSPS) is 21.7. The Balaban J connectivity index is 0.00000208. The van der Waals surface area contributed by atoms with Gasteiger partial charge < -0.3 is 20.7 Å². The number of para-hydroxylation sites is 1. The van der Waals surface area contributed by atoms with Crippen molar-refractivity contribution < 1.29 is 9.53 Å². The van der Waals surface area contributed by atoms with Gasteiger partial charge in [-0.1, -0.05) is 25.1 Å². The van der Waals surface area contributed by atoms with Gasteiger partial charge in [0.15, 0.2) is 5.96 Å². The second-order valence-corrected chi connectivity index (χ2v) is 6.65. The lowest BCUT2D eigenvalue weighted by molar-refractivity contribution is -0.116. The van der Waals surface area contributed by atoms with Crippen molar-refractivity contribution in [3.05, 3.63) is 29.8 Å². The fourth-order valence-electron chi connectivity index (χ4n) is 2.97. The summed E-state index contributed by atoms with van der Waals surface area (Å²) in [6.07, 6.45) is 0.493. The van der Waals surface area contributed by atoms with Crippen molar-refractivity contribution >= 4 is 41.5 Å². The van der Waals surface area contributed by atoms with E-state index in [4.69, 9.17) is 4.74 Å². The predicted molar refractivity (Wildman–Crippen MR) is 106 cm³/mol. The summed E-state index contributed by atoms with van der Waals surface area (Å²) in [7, 11) is 1.76. The molecule has 24 heavy (non-hydrogen) atoms. The number of carbonyl (C=O) groups excluding carboxylic acids is 1. The molecule has 1 fully saturated rings. The van der Waals surface area contributed by atoms with Crippen LogP contribution < -0.4 is 16.0 Å². The number of nitrogens with one attached hydrogen (secondary N) is 3. The van der Waals surface area contributed by atoms with E-state index in [9.17, 15) is 4.79 Å². The number of hydrogen-bond donors (Lipinski definition) is 3. The van der Waals surface area contributed by atoms with Gasteiger partial charge in [-0.05, 0) is 11.6 Å². The fraction of sp³-hybridized carbons (Fsp3) is 0.529. The van der Waals surface area contributed by atoms with E-state index in [0.717, 1.165) is 31.4 Å². The Hall–Kier alpha value is -1.35. The maximum absolute atomic E-state index is 11.9. The number of amides is 1. The molecule has 2 heterocycles. The van der Waals surface area contributed by atoms with Crippen LogP contribution in [0.3, 0.4) is 0 Å². The predicted octanol–water partition coefficient (Wildman–Crippen LogP) is 1.93. The summed E-state index contributed by atoms with van der Waals surface area (Å²) in [5, 5.41) is 9.61. The first kappa shape index (κ1) is 19.0. The first-order valence-electron chi connectivity index (χ1n) is 8.01. The highest BCUT2D eigenvalue weighted by atomic mass is 127. The summed E-state index contributed by atoms with van der Waals surface area (Å²) in [4.78, 5) is 16.1. The number of rotatable bonds is 4. The molecule has 7 heteroatoms. The Labute approximate surface area is 159 Å². The molecule has 2 aliphatic heterocycles. The molecule has 0 aromatic heterocycles. The van der Waals surface area contributed by atoms with Crippen molar-refractivity contribution in [2.45, 2.75) is 19.3 Å². The van der Waals surface area contributed by atoms with E-state index in [1.165, 1.54) is 5.56 Å². The molecule has 1 unspecified atom stereocenters. The molecule has 0 spiro atoms. The van der Waals surface area contributed by atoms with Crippen LogP contribution in [0, 0.1) is 5.41 Å². The molecule has 1 aromatic rings. The van der Waals surface area contributed by atoms with Gasteiger partial charge in [-0.3, -0.25) is 9.79 Å². The largest absolute Gasteiger partial charge is 0.380 e. The molecule has 1 saturated heterocycles. The second kappa shape index (κ2) is 8.15. The van der Waals surface area contributed by atoms with E-state index in [0.29, 0.717) is 13.0 Å². The van der Waals surface area contributed by atoms with E-state index in [1.807, 2.05) is 18.2 Å². The molecular weight excluding hydrogens is 419 g/mol. The Kier molecular flexibility index (Phi) is 6.45. The van der Waals surface area contributed by atoms with Crippen LogP contribution in [0.15, 0.2) is 29.3 Å². The third kappa shape index (κ3) is 4.38. The maximum atomic E-state index is 11.9. The van der Waals surface area contributed by atoms with Gasteiger partial charge in [-0.15, -0.1) is 24.0 Å². The van der Waals surface area contributed by atoms with Gasteiger partial charge >= 0.3 is 0 Å². The van der Waals surface area contributed by atoms with Crippen LogP contribution in [0.1, 0.15) is 24.8 Å². The number of ether oxygens (including phenoxy) is 1. The average molecular weight is 444 g/mol. The van der Waals surface area contributed by atoms with Crippen LogP contribution >= 0.6 is 24.0 Å². The van der Waals surface area contributed by atoms with E-state index >= 15 is 0 Å². The van der Waals surface area contributed by atoms with Crippen LogP contribution in [-0.4, -0.2) is 45.2 Å². The summed E-state index contributed by atoms with van der Waals surface area (Å²) >= 11 is 0. The molecule has 6 nitrogen and oxygen atoms in total. The molecular formula is C17H25IN4O2. The second-order valence-electron chi connectivity index (χ2n) is 6.65. The lowest BCUT2D eigenvalue weighted by atomic mass is 9.89. The third-order valence-corrected chi connectivity index (χ3v) is 4.43. The fourth-order valence-corrected chi connectivity index (χ4v) is 2.97. The van der Waals surface area contributed by atoms with Crippen LogP contribution in [0.2, 0.25) is 0 Å². The summed E-state index contributed by atoms with van der Waals surface area (Å²) in [5.74, 6) is 0.986. The minimum absolute atomic E-state index is 0. The minimum atomic E-state index is 0. The average Bonchev–Trinajstić information content (AvgIpc) is 2.53. The zero-order valence-corrected chi connectivity index (χ0v) is 16.4. The van der Waals surface area contributed by atoms with E-state index in [1.54, 1.807) is 7.05 Å². The Morgan fingerprint density at radius 2 is 2.12 bits per heavy atom. The molecule has 1 amide bonds. The quantitative estimate of drug-likeness (QED) is 0.377. The zero-order valence-electron chi connectivity index (χ0n) is 14.1. The van der Waals surface area contributed by atoms with Crippen LogP contribution in [0.4, 0.5) is 5.69 Å². The molecule has 0 radical (unpaired) electrons. The number of carbonyl (C=O) groups is 1. The number of hydrogen-bond acceptors (Lipinski definition) is 3. The van der Waals surface area contributed by atoms with Gasteiger partial charge in [0, 0.05) is 43.6 Å². The maximum Gasteiger partial charge on any atom is 0.225 e. The molecule has 132 valence electrons. The highest BCUT2D eigenvalue weighted by Crippen LogP contribution is 2.31. The smallest absolute Gasteiger partial charge is 0.225 e. The first-order valence-corrected chi connectivity index (χ1v) is 8.01. The number of halogens is 1. The number of benzene rings is 1. The van der Waals surface area contributed by atoms with Gasteiger partial charge in [0.1, 0.15) is 0 Å². The van der Waals surface area contributed by atoms with Gasteiger partial charge in [-0.25, -0.2) is 0 Å². The lowest BCUT2D eigenvalue weighted by Crippen LogP contribution is -2.51. The van der Waals surface area contributed by atoms with Crippen LogP contribution in [0.5, 0.6) is 0 Å². The van der Waals surface area contributed by atoms with Gasteiger partial charge in [0.05, 0.1) is 13.2 Å². The summed E-state index contributed by atoms with van der Waals surface area (Å²) < 4.78 is 5.27. The third-order valence-electron chi connectivity index (χ3n) is 4.43. The Morgan fingerprint density at radius 1 is 1.38 bits per heavy atom. The highest BCUT2D eigenvalue weighted by Gasteiger charge is 2.33. The van der Waals surface area contributed by atoms with Crippen molar-refractivity contribution in [3.8, 4) is 0 Å². The minimum Gasteiger partial charge on any atom is -0.380 e. The Bertz CT molecular complexity index is 616. The molecule has 3 rings (SSSR count). The number of fused-ring (bicyclic) bond motifs is 1. The van der Waals surface area contributed by atoms with Crippen molar-refractivity contribution in [3.63, 3.8) is 0 Å². The molecule has 0 bridgehead atoms. The molecule has 1 aromatic carbocycles. The van der Waals surface area contributed by atoms with E-state index < -0.39 is 0 Å². The molecule has 0 aliphatic carbocycles. The molecule has 3 N–H and O–H groups in total. The lowest BCUT2D eigenvalue weighted by Gasteiger charge is -2.38. The molecule has 2 aliphatic rings. The van der Waals surface area contributed by atoms with Crippen molar-refractivity contribution in [2.24, 2.45) is 10.4 Å². The number of nitrogens with zero attached hydrogens (tertiary/aromatic N) is 1. The first-order chi connectivity index (χ1) is 11.1. The summed E-state index contributed by atoms with van der Waals surface area (Å²) in [5.41, 5.74) is 2.28. The van der Waals surface area contributed by atoms with Gasteiger partial charge in [0.25, 0.3) is 0 Å². The summed E-state index contributed by atoms with van der Waals surface area (Å²) in [6.45, 7) is 5.27. The van der Waals surface area contributed by atoms with Crippen LogP contribution in [0.25, 0.3) is 0 Å². The van der Waals surface area contributed by atoms with E-state index in [-0.39, 0.29) is 41.2 Å². The van der Waals surface area contributed by atoms with Crippen molar-refractivity contribution in [2.75, 3.05) is 38.7 Å². The van der Waals surface area contributed by atoms with Crippen molar-refractivity contribution in [1.29, 1.82) is 0 Å². The monoisotopic (exact) mass is 444 g/mol. The molecule has 1 atom stereocenters. The van der Waals surface area contributed by atoms with E-state index in [2.05, 4.69) is 33.9 Å². The number of anilines is 1. The van der Waals surface area contributed by atoms with Gasteiger partial charge in [0.2, 0.25) is 5.91 Å². The number of guanidine groups is 1. The number of aliphatic imine (C=N–C) groups is 1. The molecule has 0 saturated carbocycles.